The zero-order chi connectivity index (χ0) is 15.2. The number of halogens is 1. The van der Waals surface area contributed by atoms with Crippen LogP contribution in [0.4, 0.5) is 4.39 Å². The molecule has 0 atom stereocenters. The van der Waals surface area contributed by atoms with Crippen molar-refractivity contribution in [3.05, 3.63) is 64.5 Å². The van der Waals surface area contributed by atoms with Crippen molar-refractivity contribution in [1.29, 1.82) is 0 Å². The minimum absolute atomic E-state index is 0.195. The first-order chi connectivity index (χ1) is 10.1. The van der Waals surface area contributed by atoms with Gasteiger partial charge in [0.1, 0.15) is 18.2 Å². The van der Waals surface area contributed by atoms with Crippen molar-refractivity contribution in [3.63, 3.8) is 0 Å². The molecule has 0 bridgehead atoms. The van der Waals surface area contributed by atoms with E-state index in [1.54, 1.807) is 12.1 Å². The molecule has 0 aliphatic heterocycles. The predicted octanol–water partition coefficient (Wildman–Crippen LogP) is 3.33. The van der Waals surface area contributed by atoms with Crippen molar-refractivity contribution in [1.82, 2.24) is 0 Å². The highest BCUT2D eigenvalue weighted by atomic mass is 19.1. The summed E-state index contributed by atoms with van der Waals surface area (Å²) in [6, 6.07) is 10.8. The highest BCUT2D eigenvalue weighted by Gasteiger charge is 2.05. The maximum atomic E-state index is 14.0. The second kappa shape index (κ2) is 6.92. The summed E-state index contributed by atoms with van der Waals surface area (Å²) in [6.07, 6.45) is 0. The van der Waals surface area contributed by atoms with Crippen LogP contribution in [0, 0.1) is 31.5 Å². The fourth-order valence-electron chi connectivity index (χ4n) is 1.91. The molecule has 2 aromatic carbocycles. The zero-order valence-corrected chi connectivity index (χ0v) is 12.2. The maximum absolute atomic E-state index is 14.0. The third-order valence-electron chi connectivity index (χ3n) is 3.11. The largest absolute Gasteiger partial charge is 0.489 e. The van der Waals surface area contributed by atoms with E-state index >= 15 is 0 Å². The number of nitrogens with two attached hydrogens (primary N) is 1. The number of ether oxygens (including phenoxy) is 1. The van der Waals surface area contributed by atoms with Crippen molar-refractivity contribution < 1.29 is 9.13 Å². The molecule has 0 aliphatic carbocycles. The maximum Gasteiger partial charge on any atom is 0.131 e. The van der Waals surface area contributed by atoms with Crippen molar-refractivity contribution in [2.75, 3.05) is 6.54 Å². The van der Waals surface area contributed by atoms with Crippen LogP contribution >= 0.6 is 0 Å². The Morgan fingerprint density at radius 2 is 1.95 bits per heavy atom. The second-order valence-electron chi connectivity index (χ2n) is 4.87. The van der Waals surface area contributed by atoms with Crippen LogP contribution in [-0.4, -0.2) is 6.54 Å². The summed E-state index contributed by atoms with van der Waals surface area (Å²) >= 11 is 0. The summed E-state index contributed by atoms with van der Waals surface area (Å²) < 4.78 is 19.7. The van der Waals surface area contributed by atoms with Gasteiger partial charge < -0.3 is 10.5 Å². The van der Waals surface area contributed by atoms with E-state index in [-0.39, 0.29) is 19.0 Å². The zero-order valence-electron chi connectivity index (χ0n) is 12.2. The Labute approximate surface area is 124 Å². The lowest BCUT2D eigenvalue weighted by molar-refractivity contribution is 0.297. The van der Waals surface area contributed by atoms with E-state index < -0.39 is 0 Å². The number of hydrogen-bond donors (Lipinski definition) is 1. The van der Waals surface area contributed by atoms with Crippen molar-refractivity contribution in [2.45, 2.75) is 20.5 Å². The van der Waals surface area contributed by atoms with E-state index in [2.05, 4.69) is 11.8 Å². The predicted molar refractivity (Wildman–Crippen MR) is 82.6 cm³/mol. The molecule has 0 unspecified atom stereocenters. The molecular formula is C18H18FNO. The van der Waals surface area contributed by atoms with Gasteiger partial charge in [-0.1, -0.05) is 30.0 Å². The van der Waals surface area contributed by atoms with Crippen LogP contribution in [0.25, 0.3) is 0 Å². The van der Waals surface area contributed by atoms with Crippen molar-refractivity contribution in [3.8, 4) is 17.6 Å². The van der Waals surface area contributed by atoms with Gasteiger partial charge in [0.2, 0.25) is 0 Å². The molecule has 0 spiro atoms. The Hall–Kier alpha value is -2.31. The van der Waals surface area contributed by atoms with Crippen molar-refractivity contribution >= 4 is 0 Å². The molecule has 0 saturated carbocycles. The van der Waals surface area contributed by atoms with Crippen LogP contribution in [0.3, 0.4) is 0 Å². The summed E-state index contributed by atoms with van der Waals surface area (Å²) in [5, 5.41) is 0. The molecule has 2 rings (SSSR count). The molecule has 21 heavy (non-hydrogen) atoms. The van der Waals surface area contributed by atoms with Gasteiger partial charge in [0.15, 0.2) is 0 Å². The van der Waals surface area contributed by atoms with Crippen LogP contribution in [0.1, 0.15) is 22.3 Å². The van der Waals surface area contributed by atoms with E-state index in [0.29, 0.717) is 11.1 Å². The molecule has 2 N–H and O–H groups in total. The van der Waals surface area contributed by atoms with Gasteiger partial charge in [-0.25, -0.2) is 4.39 Å². The quantitative estimate of drug-likeness (QED) is 0.877. The molecule has 0 heterocycles. The number of benzene rings is 2. The second-order valence-corrected chi connectivity index (χ2v) is 4.87. The molecule has 108 valence electrons. The topological polar surface area (TPSA) is 35.2 Å². The van der Waals surface area contributed by atoms with E-state index in [1.807, 2.05) is 32.0 Å². The molecule has 0 amide bonds. The molecule has 0 radical (unpaired) electrons. The Balaban J connectivity index is 2.11. The fourth-order valence-corrected chi connectivity index (χ4v) is 1.91. The van der Waals surface area contributed by atoms with Gasteiger partial charge in [-0.2, -0.15) is 0 Å². The average molecular weight is 283 g/mol. The first-order valence-electron chi connectivity index (χ1n) is 6.77. The number of hydrogen-bond acceptors (Lipinski definition) is 2. The van der Waals surface area contributed by atoms with Crippen LogP contribution in [0.15, 0.2) is 36.4 Å². The Morgan fingerprint density at radius 3 is 2.67 bits per heavy atom. The summed E-state index contributed by atoms with van der Waals surface area (Å²) in [6.45, 7) is 4.42. The Kier molecular flexibility index (Phi) is 4.97. The average Bonchev–Trinajstić information content (AvgIpc) is 2.47. The standard InChI is InChI=1S/C18H18FNO/c1-13-5-6-14(2)18(10-13)21-12-16-8-7-15(4-3-9-20)11-17(16)19/h5-8,10-11H,9,12,20H2,1-2H3. The SMILES string of the molecule is Cc1ccc(C)c(OCc2ccc(C#CCN)cc2F)c1. The Bertz CT molecular complexity index is 698. The number of aryl methyl sites for hydroxylation is 2. The van der Waals surface area contributed by atoms with Crippen LogP contribution in [-0.2, 0) is 6.61 Å². The minimum Gasteiger partial charge on any atom is -0.489 e. The van der Waals surface area contributed by atoms with Gasteiger partial charge in [0.05, 0.1) is 6.54 Å². The summed E-state index contributed by atoms with van der Waals surface area (Å²) in [7, 11) is 0. The summed E-state index contributed by atoms with van der Waals surface area (Å²) in [4.78, 5) is 0. The minimum atomic E-state index is -0.316. The molecule has 3 heteroatoms. The first-order valence-corrected chi connectivity index (χ1v) is 6.77. The van der Waals surface area contributed by atoms with Gasteiger partial charge >= 0.3 is 0 Å². The van der Waals surface area contributed by atoms with Gasteiger partial charge in [0.25, 0.3) is 0 Å². The summed E-state index contributed by atoms with van der Waals surface area (Å²) in [5.41, 5.74) is 8.57. The highest BCUT2D eigenvalue weighted by Crippen LogP contribution is 2.21. The number of rotatable bonds is 3. The van der Waals surface area contributed by atoms with E-state index in [9.17, 15) is 4.39 Å². The molecule has 2 aromatic rings. The van der Waals surface area contributed by atoms with Gasteiger partial charge in [0, 0.05) is 11.1 Å². The molecule has 0 aliphatic rings. The van der Waals surface area contributed by atoms with Gasteiger partial charge in [-0.3, -0.25) is 0 Å². The third-order valence-corrected chi connectivity index (χ3v) is 3.11. The lowest BCUT2D eigenvalue weighted by atomic mass is 10.1. The van der Waals surface area contributed by atoms with Crippen LogP contribution < -0.4 is 10.5 Å². The highest BCUT2D eigenvalue weighted by molar-refractivity contribution is 5.38. The summed E-state index contributed by atoms with van der Waals surface area (Å²) in [5.74, 6) is 5.97. The fraction of sp³-hybridized carbons (Fsp3) is 0.222. The first kappa shape index (κ1) is 15.1. The van der Waals surface area contributed by atoms with Crippen LogP contribution in [0.2, 0.25) is 0 Å². The Morgan fingerprint density at radius 1 is 1.14 bits per heavy atom. The molecule has 0 fully saturated rings. The van der Waals surface area contributed by atoms with E-state index in [4.69, 9.17) is 10.5 Å². The monoisotopic (exact) mass is 283 g/mol. The van der Waals surface area contributed by atoms with Gasteiger partial charge in [-0.05, 0) is 43.2 Å². The van der Waals surface area contributed by atoms with Crippen LogP contribution in [0.5, 0.6) is 5.75 Å². The van der Waals surface area contributed by atoms with E-state index in [1.165, 1.54) is 6.07 Å². The molecule has 2 nitrogen and oxygen atoms in total. The smallest absolute Gasteiger partial charge is 0.131 e. The molecule has 0 aromatic heterocycles. The third kappa shape index (κ3) is 4.08. The van der Waals surface area contributed by atoms with E-state index in [0.717, 1.165) is 16.9 Å². The lowest BCUT2D eigenvalue weighted by Gasteiger charge is -2.10. The lowest BCUT2D eigenvalue weighted by Crippen LogP contribution is -2.00. The molecule has 0 saturated heterocycles. The van der Waals surface area contributed by atoms with Crippen molar-refractivity contribution in [2.24, 2.45) is 5.73 Å². The normalized spacial score (nSPS) is 9.90. The molecular weight excluding hydrogens is 265 g/mol. The van der Waals surface area contributed by atoms with Gasteiger partial charge in [-0.15, -0.1) is 0 Å².